The summed E-state index contributed by atoms with van der Waals surface area (Å²) in [7, 11) is 0. The highest BCUT2D eigenvalue weighted by Gasteiger charge is 2.03. The Morgan fingerprint density at radius 3 is 2.44 bits per heavy atom. The predicted molar refractivity (Wildman–Crippen MR) is 116 cm³/mol. The molecule has 27 heavy (non-hydrogen) atoms. The number of nitrogens with one attached hydrogen (secondary N) is 3. The zero-order valence-electron chi connectivity index (χ0n) is 15.1. The number of carbonyl (C=O) groups excluding carboxylic acids is 1. The Morgan fingerprint density at radius 2 is 1.78 bits per heavy atom. The molecule has 2 aromatic rings. The number of nitrogens with zero attached hydrogens (tertiary/aromatic N) is 1. The van der Waals surface area contributed by atoms with Gasteiger partial charge in [0.2, 0.25) is 5.91 Å². The Morgan fingerprint density at radius 1 is 1.07 bits per heavy atom. The number of halogens is 2. The number of anilines is 1. The Labute approximate surface area is 175 Å². The molecule has 0 saturated heterocycles. The number of carbonyl (C=O) groups is 1. The van der Waals surface area contributed by atoms with E-state index in [2.05, 4.69) is 20.9 Å². The van der Waals surface area contributed by atoms with Crippen molar-refractivity contribution in [1.29, 1.82) is 0 Å². The van der Waals surface area contributed by atoms with E-state index in [4.69, 9.17) is 4.74 Å². The zero-order valence-corrected chi connectivity index (χ0v) is 17.4. The van der Waals surface area contributed by atoms with Crippen LogP contribution in [0.3, 0.4) is 0 Å². The van der Waals surface area contributed by atoms with Crippen LogP contribution < -0.4 is 20.7 Å². The molecule has 146 valence electrons. The smallest absolute Gasteiger partial charge is 0.246 e. The molecule has 0 saturated carbocycles. The SMILES string of the molecule is CCNC(=NCC(=O)Nc1ccc(F)cc1)NCCOc1ccccc1.I. The first kappa shape index (κ1) is 22.7. The van der Waals surface area contributed by atoms with Crippen LogP contribution in [0.15, 0.2) is 59.6 Å². The van der Waals surface area contributed by atoms with E-state index in [1.165, 1.54) is 24.3 Å². The van der Waals surface area contributed by atoms with E-state index >= 15 is 0 Å². The van der Waals surface area contributed by atoms with Crippen LogP contribution in [0.5, 0.6) is 5.75 Å². The quantitative estimate of drug-likeness (QED) is 0.232. The Bertz CT molecular complexity index is 711. The highest BCUT2D eigenvalue weighted by atomic mass is 127. The molecule has 8 heteroatoms. The highest BCUT2D eigenvalue weighted by molar-refractivity contribution is 14.0. The molecule has 0 spiro atoms. The lowest BCUT2D eigenvalue weighted by atomic mass is 10.3. The van der Waals surface area contributed by atoms with Crippen molar-refractivity contribution in [2.45, 2.75) is 6.92 Å². The standard InChI is InChI=1S/C19H23FN4O2.HI/c1-2-21-19(22-12-13-26-17-6-4-3-5-7-17)23-14-18(25)24-16-10-8-15(20)9-11-16;/h3-11H,2,12-14H2,1H3,(H,24,25)(H2,21,22,23);1H. The van der Waals surface area contributed by atoms with Crippen LogP contribution in [0.1, 0.15) is 6.92 Å². The maximum atomic E-state index is 12.9. The van der Waals surface area contributed by atoms with Gasteiger partial charge in [-0.1, -0.05) is 18.2 Å². The van der Waals surface area contributed by atoms with E-state index in [-0.39, 0.29) is 42.2 Å². The van der Waals surface area contributed by atoms with Crippen molar-refractivity contribution in [3.05, 3.63) is 60.4 Å². The topological polar surface area (TPSA) is 74.8 Å². The van der Waals surface area contributed by atoms with Gasteiger partial charge in [-0.05, 0) is 43.3 Å². The molecule has 0 heterocycles. The summed E-state index contributed by atoms with van der Waals surface area (Å²) in [5.41, 5.74) is 0.529. The fourth-order valence-electron chi connectivity index (χ4n) is 2.08. The van der Waals surface area contributed by atoms with E-state index in [0.717, 1.165) is 5.75 Å². The first-order valence-electron chi connectivity index (χ1n) is 8.43. The number of amides is 1. The van der Waals surface area contributed by atoms with Crippen LogP contribution in [0.25, 0.3) is 0 Å². The summed E-state index contributed by atoms with van der Waals surface area (Å²) >= 11 is 0. The second kappa shape index (κ2) is 12.9. The number of para-hydroxylation sites is 1. The van der Waals surface area contributed by atoms with E-state index < -0.39 is 0 Å². The molecule has 0 radical (unpaired) electrons. The summed E-state index contributed by atoms with van der Waals surface area (Å²) < 4.78 is 18.5. The fraction of sp³-hybridized carbons (Fsp3) is 0.263. The summed E-state index contributed by atoms with van der Waals surface area (Å²) in [6, 6.07) is 15.1. The third kappa shape index (κ3) is 9.23. The molecule has 0 aliphatic heterocycles. The predicted octanol–water partition coefficient (Wildman–Crippen LogP) is 3.02. The number of rotatable bonds is 8. The Kier molecular flexibility index (Phi) is 10.8. The van der Waals surface area contributed by atoms with E-state index in [9.17, 15) is 9.18 Å². The molecule has 2 aromatic carbocycles. The molecule has 0 aromatic heterocycles. The number of hydrogen-bond acceptors (Lipinski definition) is 3. The lowest BCUT2D eigenvalue weighted by Crippen LogP contribution is -2.39. The van der Waals surface area contributed by atoms with Crippen molar-refractivity contribution in [2.75, 3.05) is 31.6 Å². The summed E-state index contributed by atoms with van der Waals surface area (Å²) in [4.78, 5) is 16.2. The second-order valence-electron chi connectivity index (χ2n) is 5.34. The van der Waals surface area contributed by atoms with Gasteiger partial charge in [-0.25, -0.2) is 9.38 Å². The molecule has 3 N–H and O–H groups in total. The second-order valence-corrected chi connectivity index (χ2v) is 5.34. The van der Waals surface area contributed by atoms with Crippen LogP contribution in [0, 0.1) is 5.82 Å². The summed E-state index contributed by atoms with van der Waals surface area (Å²) in [5.74, 6) is 0.694. The molecule has 0 fully saturated rings. The van der Waals surface area contributed by atoms with Crippen LogP contribution in [0.4, 0.5) is 10.1 Å². The molecule has 0 bridgehead atoms. The normalized spacial score (nSPS) is 10.5. The highest BCUT2D eigenvalue weighted by Crippen LogP contribution is 2.08. The van der Waals surface area contributed by atoms with Crippen molar-refractivity contribution >= 4 is 41.5 Å². The minimum absolute atomic E-state index is 0. The van der Waals surface area contributed by atoms with Crippen LogP contribution in [0.2, 0.25) is 0 Å². The van der Waals surface area contributed by atoms with Gasteiger partial charge in [0, 0.05) is 12.2 Å². The fourth-order valence-corrected chi connectivity index (χ4v) is 2.08. The zero-order chi connectivity index (χ0) is 18.6. The van der Waals surface area contributed by atoms with Gasteiger partial charge in [-0.15, -0.1) is 24.0 Å². The number of benzene rings is 2. The lowest BCUT2D eigenvalue weighted by molar-refractivity contribution is -0.114. The van der Waals surface area contributed by atoms with Gasteiger partial charge in [0.25, 0.3) is 0 Å². The lowest BCUT2D eigenvalue weighted by Gasteiger charge is -2.12. The Hall–Kier alpha value is -2.36. The number of hydrogen-bond donors (Lipinski definition) is 3. The van der Waals surface area contributed by atoms with Gasteiger partial charge in [0.15, 0.2) is 5.96 Å². The van der Waals surface area contributed by atoms with Crippen LogP contribution in [-0.4, -0.2) is 38.1 Å². The van der Waals surface area contributed by atoms with E-state index in [1.807, 2.05) is 37.3 Å². The van der Waals surface area contributed by atoms with E-state index in [0.29, 0.717) is 31.3 Å². The van der Waals surface area contributed by atoms with Gasteiger partial charge in [0.1, 0.15) is 24.7 Å². The molecule has 0 aliphatic carbocycles. The van der Waals surface area contributed by atoms with Crippen molar-refractivity contribution in [2.24, 2.45) is 4.99 Å². The van der Waals surface area contributed by atoms with Gasteiger partial charge in [0.05, 0.1) is 6.54 Å². The number of guanidine groups is 1. The minimum Gasteiger partial charge on any atom is -0.492 e. The molecular formula is C19H24FIN4O2. The summed E-state index contributed by atoms with van der Waals surface area (Å²) in [5, 5.41) is 8.83. The molecule has 0 unspecified atom stereocenters. The minimum atomic E-state index is -0.350. The molecule has 1 amide bonds. The van der Waals surface area contributed by atoms with Crippen LogP contribution in [-0.2, 0) is 4.79 Å². The van der Waals surface area contributed by atoms with Crippen molar-refractivity contribution in [3.63, 3.8) is 0 Å². The van der Waals surface area contributed by atoms with Crippen molar-refractivity contribution < 1.29 is 13.9 Å². The molecule has 2 rings (SSSR count). The van der Waals surface area contributed by atoms with Gasteiger partial charge >= 0.3 is 0 Å². The van der Waals surface area contributed by atoms with Gasteiger partial charge in [-0.3, -0.25) is 4.79 Å². The maximum Gasteiger partial charge on any atom is 0.246 e. The first-order chi connectivity index (χ1) is 12.7. The van der Waals surface area contributed by atoms with Crippen molar-refractivity contribution in [1.82, 2.24) is 10.6 Å². The average Bonchev–Trinajstić information content (AvgIpc) is 2.66. The molecule has 0 aliphatic rings. The monoisotopic (exact) mass is 486 g/mol. The average molecular weight is 486 g/mol. The number of ether oxygens (including phenoxy) is 1. The van der Waals surface area contributed by atoms with Crippen molar-refractivity contribution in [3.8, 4) is 5.75 Å². The van der Waals surface area contributed by atoms with E-state index in [1.54, 1.807) is 0 Å². The largest absolute Gasteiger partial charge is 0.492 e. The third-order valence-corrected chi connectivity index (χ3v) is 3.26. The van der Waals surface area contributed by atoms with Gasteiger partial charge < -0.3 is 20.7 Å². The molecule has 0 atom stereocenters. The van der Waals surface area contributed by atoms with Crippen LogP contribution >= 0.6 is 24.0 Å². The first-order valence-corrected chi connectivity index (χ1v) is 8.43. The van der Waals surface area contributed by atoms with Gasteiger partial charge in [-0.2, -0.15) is 0 Å². The third-order valence-electron chi connectivity index (χ3n) is 3.26. The summed E-state index contributed by atoms with van der Waals surface area (Å²) in [6.07, 6.45) is 0. The summed E-state index contributed by atoms with van der Waals surface area (Å²) in [6.45, 7) is 3.57. The Balaban J connectivity index is 0.00000364. The maximum absolute atomic E-state index is 12.9. The number of aliphatic imine (C=N–C) groups is 1. The molecule has 6 nitrogen and oxygen atoms in total. The molecular weight excluding hydrogens is 462 g/mol.